The number of aromatic nitrogens is 1. The molecule has 5 aromatic carbocycles. The van der Waals surface area contributed by atoms with Gasteiger partial charge >= 0.3 is 0 Å². The summed E-state index contributed by atoms with van der Waals surface area (Å²) in [6.07, 6.45) is 3.01. The fraction of sp³-hybridized carbons (Fsp3) is 0.139. The maximum absolute atomic E-state index is 6.76. The Bertz CT molecular complexity index is 1970. The number of fused-ring (bicyclic) bond motifs is 6. The lowest BCUT2D eigenvalue weighted by atomic mass is 9.89. The molecule has 38 heavy (non-hydrogen) atoms. The van der Waals surface area contributed by atoms with Gasteiger partial charge in [0.2, 0.25) is 0 Å². The van der Waals surface area contributed by atoms with Gasteiger partial charge in [0.1, 0.15) is 11.2 Å². The molecule has 7 rings (SSSR count). The Balaban J connectivity index is 1.45. The first kappa shape index (κ1) is 22.7. The van der Waals surface area contributed by atoms with E-state index < -0.39 is 0 Å². The van der Waals surface area contributed by atoms with Crippen LogP contribution in [0.5, 0.6) is 0 Å². The van der Waals surface area contributed by atoms with Crippen LogP contribution in [0.1, 0.15) is 26.3 Å². The van der Waals surface area contributed by atoms with E-state index in [-0.39, 0.29) is 5.41 Å². The van der Waals surface area contributed by atoms with Crippen molar-refractivity contribution >= 4 is 43.5 Å². The van der Waals surface area contributed by atoms with E-state index in [1.807, 2.05) is 6.20 Å². The molecular formula is C36H29NO. The molecule has 0 spiro atoms. The lowest BCUT2D eigenvalue weighted by molar-refractivity contribution is 0.411. The third kappa shape index (κ3) is 3.76. The first-order valence-electron chi connectivity index (χ1n) is 13.3. The zero-order chi connectivity index (χ0) is 25.9. The first-order valence-corrected chi connectivity index (χ1v) is 13.3. The second-order valence-corrected chi connectivity index (χ2v) is 11.4. The van der Waals surface area contributed by atoms with Crippen LogP contribution >= 0.6 is 0 Å². The summed E-state index contributed by atoms with van der Waals surface area (Å²) >= 11 is 0. The van der Waals surface area contributed by atoms with Crippen molar-refractivity contribution in [1.82, 2.24) is 4.98 Å². The van der Waals surface area contributed by atoms with Crippen molar-refractivity contribution in [3.8, 4) is 22.4 Å². The van der Waals surface area contributed by atoms with Gasteiger partial charge < -0.3 is 4.42 Å². The van der Waals surface area contributed by atoms with E-state index in [9.17, 15) is 0 Å². The number of hydrogen-bond donors (Lipinski definition) is 0. The summed E-state index contributed by atoms with van der Waals surface area (Å²) < 4.78 is 6.76. The second-order valence-electron chi connectivity index (χ2n) is 11.4. The number of benzene rings is 5. The Labute approximate surface area is 222 Å². The van der Waals surface area contributed by atoms with E-state index in [0.717, 1.165) is 45.2 Å². The lowest BCUT2D eigenvalue weighted by Crippen LogP contribution is -2.09. The third-order valence-corrected chi connectivity index (χ3v) is 7.42. The zero-order valence-electron chi connectivity index (χ0n) is 22.0. The molecule has 0 saturated heterocycles. The van der Waals surface area contributed by atoms with Crippen LogP contribution in [0.15, 0.2) is 114 Å². The highest BCUT2D eigenvalue weighted by atomic mass is 16.3. The molecule has 184 valence electrons. The van der Waals surface area contributed by atoms with E-state index >= 15 is 0 Å². The topological polar surface area (TPSA) is 26.0 Å². The van der Waals surface area contributed by atoms with Gasteiger partial charge in [-0.15, -0.1) is 0 Å². The van der Waals surface area contributed by atoms with Crippen molar-refractivity contribution in [2.75, 3.05) is 0 Å². The summed E-state index contributed by atoms with van der Waals surface area (Å²) in [5.41, 5.74) is 7.54. The Kier molecular flexibility index (Phi) is 5.13. The van der Waals surface area contributed by atoms with Crippen LogP contribution < -0.4 is 0 Å². The summed E-state index contributed by atoms with van der Waals surface area (Å²) in [6.45, 7) is 6.77. The molecular weight excluding hydrogens is 462 g/mol. The average molecular weight is 492 g/mol. The molecule has 0 N–H and O–H groups in total. The molecule has 2 heteroatoms. The summed E-state index contributed by atoms with van der Waals surface area (Å²) in [6, 6.07) is 36.8. The van der Waals surface area contributed by atoms with Crippen LogP contribution in [0.3, 0.4) is 0 Å². The van der Waals surface area contributed by atoms with Crippen molar-refractivity contribution < 1.29 is 4.42 Å². The molecule has 2 nitrogen and oxygen atoms in total. The molecule has 0 saturated carbocycles. The van der Waals surface area contributed by atoms with Gasteiger partial charge in [0.15, 0.2) is 0 Å². The summed E-state index contributed by atoms with van der Waals surface area (Å²) in [5.74, 6) is 0. The van der Waals surface area contributed by atoms with Gasteiger partial charge in [-0.05, 0) is 62.7 Å². The minimum atomic E-state index is 0.227. The third-order valence-electron chi connectivity index (χ3n) is 7.42. The monoisotopic (exact) mass is 491 g/mol. The largest absolute Gasteiger partial charge is 0.455 e. The van der Waals surface area contributed by atoms with E-state index in [4.69, 9.17) is 9.40 Å². The summed E-state index contributed by atoms with van der Waals surface area (Å²) in [7, 11) is 0. The summed E-state index contributed by atoms with van der Waals surface area (Å²) in [5, 5.41) is 7.23. The maximum Gasteiger partial charge on any atom is 0.144 e. The zero-order valence-corrected chi connectivity index (χ0v) is 22.0. The number of pyridine rings is 1. The maximum atomic E-state index is 6.76. The SMILES string of the molecule is CC(C)(C)Cc1ccc(-c2cccc3c2oc2c(-c4cc5ccccc5c5ccccc45)cccc23)nc1. The number of nitrogens with zero attached hydrogens (tertiary/aromatic N) is 1. The number of rotatable bonds is 3. The molecule has 2 heterocycles. The summed E-state index contributed by atoms with van der Waals surface area (Å²) in [4.78, 5) is 4.85. The predicted molar refractivity (Wildman–Crippen MR) is 161 cm³/mol. The molecule has 0 atom stereocenters. The van der Waals surface area contributed by atoms with Crippen molar-refractivity contribution in [2.24, 2.45) is 5.41 Å². The van der Waals surface area contributed by atoms with E-state index in [1.165, 1.54) is 32.7 Å². The van der Waals surface area contributed by atoms with E-state index in [1.54, 1.807) is 0 Å². The normalized spacial score (nSPS) is 12.2. The molecule has 0 fully saturated rings. The fourth-order valence-corrected chi connectivity index (χ4v) is 5.81. The molecule has 2 aromatic heterocycles. The number of para-hydroxylation sites is 2. The van der Waals surface area contributed by atoms with Gasteiger partial charge in [0, 0.05) is 28.1 Å². The Morgan fingerprint density at radius 2 is 1.21 bits per heavy atom. The number of hydrogen-bond acceptors (Lipinski definition) is 2. The minimum Gasteiger partial charge on any atom is -0.455 e. The Hall–Kier alpha value is -4.43. The molecule has 0 bridgehead atoms. The van der Waals surface area contributed by atoms with Gasteiger partial charge in [0.25, 0.3) is 0 Å². The smallest absolute Gasteiger partial charge is 0.144 e. The molecule has 7 aromatic rings. The molecule has 0 aliphatic carbocycles. The van der Waals surface area contributed by atoms with Gasteiger partial charge in [-0.2, -0.15) is 0 Å². The van der Waals surface area contributed by atoms with E-state index in [0.29, 0.717) is 0 Å². The van der Waals surface area contributed by atoms with Crippen LogP contribution in [-0.4, -0.2) is 4.98 Å². The van der Waals surface area contributed by atoms with Crippen molar-refractivity contribution in [2.45, 2.75) is 27.2 Å². The van der Waals surface area contributed by atoms with Gasteiger partial charge in [-0.3, -0.25) is 4.98 Å². The molecule has 0 aliphatic heterocycles. The van der Waals surface area contributed by atoms with Gasteiger partial charge in [-0.1, -0.05) is 106 Å². The minimum absolute atomic E-state index is 0.227. The second kappa shape index (κ2) is 8.56. The van der Waals surface area contributed by atoms with Crippen LogP contribution in [0, 0.1) is 5.41 Å². The molecule has 0 unspecified atom stereocenters. The van der Waals surface area contributed by atoms with E-state index in [2.05, 4.69) is 124 Å². The lowest BCUT2D eigenvalue weighted by Gasteiger charge is -2.17. The van der Waals surface area contributed by atoms with Crippen molar-refractivity contribution in [3.05, 3.63) is 115 Å². The Morgan fingerprint density at radius 1 is 0.579 bits per heavy atom. The highest BCUT2D eigenvalue weighted by molar-refractivity contribution is 6.18. The quantitative estimate of drug-likeness (QED) is 0.230. The highest BCUT2D eigenvalue weighted by Gasteiger charge is 2.18. The van der Waals surface area contributed by atoms with Crippen LogP contribution in [0.4, 0.5) is 0 Å². The molecule has 0 aliphatic rings. The van der Waals surface area contributed by atoms with Crippen molar-refractivity contribution in [1.29, 1.82) is 0 Å². The van der Waals surface area contributed by atoms with Gasteiger partial charge in [0.05, 0.1) is 5.69 Å². The Morgan fingerprint density at radius 3 is 1.92 bits per heavy atom. The predicted octanol–water partition coefficient (Wildman–Crippen LogP) is 10.2. The molecule has 0 amide bonds. The average Bonchev–Trinajstić information content (AvgIpc) is 3.31. The van der Waals surface area contributed by atoms with Crippen molar-refractivity contribution in [3.63, 3.8) is 0 Å². The molecule has 0 radical (unpaired) electrons. The fourth-order valence-electron chi connectivity index (χ4n) is 5.81. The highest BCUT2D eigenvalue weighted by Crippen LogP contribution is 2.42. The van der Waals surface area contributed by atoms with Crippen LogP contribution in [0.2, 0.25) is 0 Å². The standard InChI is InChI=1S/C36H29NO/c1-36(2,3)21-23-18-19-33(37-22-23)31-17-9-15-29-28-14-8-16-30(34(28)38-35(29)31)32-20-24-10-4-5-11-25(24)26-12-6-7-13-27(26)32/h4-20,22H,21H2,1-3H3. The number of furan rings is 1. The van der Waals surface area contributed by atoms with Gasteiger partial charge in [-0.25, -0.2) is 0 Å². The van der Waals surface area contributed by atoms with Crippen LogP contribution in [0.25, 0.3) is 65.9 Å². The first-order chi connectivity index (χ1) is 18.5. The van der Waals surface area contributed by atoms with Crippen LogP contribution in [-0.2, 0) is 6.42 Å².